The SMILES string of the molecule is CC(=O)/C=C1/C[C@@]2(C)CCC[C@]2(C)C2=C1CC(C)(C)O2. The van der Waals surface area contributed by atoms with E-state index in [0.717, 1.165) is 12.8 Å². The first-order valence-electron chi connectivity index (χ1n) is 7.81. The molecule has 0 spiro atoms. The van der Waals surface area contributed by atoms with Crippen molar-refractivity contribution < 1.29 is 9.53 Å². The third-order valence-electron chi connectivity index (χ3n) is 5.84. The van der Waals surface area contributed by atoms with Gasteiger partial charge in [0.2, 0.25) is 0 Å². The van der Waals surface area contributed by atoms with Crippen molar-refractivity contribution in [2.45, 2.75) is 72.3 Å². The van der Waals surface area contributed by atoms with Gasteiger partial charge in [-0.3, -0.25) is 4.79 Å². The summed E-state index contributed by atoms with van der Waals surface area (Å²) in [5, 5.41) is 0. The molecule has 0 amide bonds. The first-order chi connectivity index (χ1) is 9.17. The predicted octanol–water partition coefficient (Wildman–Crippen LogP) is 4.56. The van der Waals surface area contributed by atoms with Crippen molar-refractivity contribution in [3.8, 4) is 0 Å². The van der Waals surface area contributed by atoms with E-state index in [1.807, 2.05) is 6.08 Å². The zero-order valence-corrected chi connectivity index (χ0v) is 13.4. The molecule has 1 aliphatic heterocycles. The topological polar surface area (TPSA) is 26.3 Å². The maximum Gasteiger partial charge on any atom is 0.152 e. The summed E-state index contributed by atoms with van der Waals surface area (Å²) in [4.78, 5) is 11.6. The Kier molecular flexibility index (Phi) is 2.78. The maximum atomic E-state index is 11.6. The lowest BCUT2D eigenvalue weighted by atomic mass is 9.59. The van der Waals surface area contributed by atoms with E-state index in [1.165, 1.54) is 36.2 Å². The summed E-state index contributed by atoms with van der Waals surface area (Å²) in [5.74, 6) is 1.35. The van der Waals surface area contributed by atoms with Gasteiger partial charge in [-0.2, -0.15) is 0 Å². The lowest BCUT2D eigenvalue weighted by Crippen LogP contribution is -2.39. The van der Waals surface area contributed by atoms with Gasteiger partial charge in [-0.15, -0.1) is 0 Å². The van der Waals surface area contributed by atoms with E-state index in [9.17, 15) is 4.79 Å². The fraction of sp³-hybridized carbons (Fsp3) is 0.722. The van der Waals surface area contributed by atoms with Crippen LogP contribution in [0, 0.1) is 10.8 Å². The zero-order valence-electron chi connectivity index (χ0n) is 13.4. The summed E-state index contributed by atoms with van der Waals surface area (Å²) in [5.41, 5.74) is 2.84. The monoisotopic (exact) mass is 274 g/mol. The number of ether oxygens (including phenoxy) is 1. The van der Waals surface area contributed by atoms with Crippen LogP contribution in [-0.2, 0) is 9.53 Å². The number of carbonyl (C=O) groups excluding carboxylic acids is 1. The molecule has 1 heterocycles. The molecule has 3 aliphatic rings. The summed E-state index contributed by atoms with van der Waals surface area (Å²) in [6, 6.07) is 0. The second kappa shape index (κ2) is 3.99. The molecule has 0 N–H and O–H groups in total. The van der Waals surface area contributed by atoms with Crippen molar-refractivity contribution in [3.63, 3.8) is 0 Å². The van der Waals surface area contributed by atoms with E-state index in [4.69, 9.17) is 4.74 Å². The van der Waals surface area contributed by atoms with Crippen LogP contribution in [0.25, 0.3) is 0 Å². The van der Waals surface area contributed by atoms with Crippen LogP contribution in [0.4, 0.5) is 0 Å². The maximum absolute atomic E-state index is 11.6. The molecule has 0 bridgehead atoms. The molecule has 2 atom stereocenters. The Morgan fingerprint density at radius 1 is 1.15 bits per heavy atom. The highest BCUT2D eigenvalue weighted by molar-refractivity contribution is 5.89. The van der Waals surface area contributed by atoms with Crippen molar-refractivity contribution in [2.75, 3.05) is 0 Å². The molecule has 20 heavy (non-hydrogen) atoms. The minimum absolute atomic E-state index is 0.128. The summed E-state index contributed by atoms with van der Waals surface area (Å²) >= 11 is 0. The molecule has 1 saturated carbocycles. The largest absolute Gasteiger partial charge is 0.491 e. The van der Waals surface area contributed by atoms with Gasteiger partial charge in [-0.05, 0) is 62.7 Å². The highest BCUT2D eigenvalue weighted by Crippen LogP contribution is 2.66. The number of ketones is 1. The normalized spacial score (nSPS) is 40.5. The Bertz CT molecular complexity index is 538. The molecule has 1 fully saturated rings. The Labute approximate surface area is 122 Å². The van der Waals surface area contributed by atoms with Gasteiger partial charge in [-0.1, -0.05) is 20.3 Å². The molecule has 0 radical (unpaired) electrons. The highest BCUT2D eigenvalue weighted by atomic mass is 16.5. The Hall–Kier alpha value is -1.05. The molecule has 2 heteroatoms. The van der Waals surface area contributed by atoms with Gasteiger partial charge in [0.05, 0.1) is 0 Å². The number of rotatable bonds is 1. The van der Waals surface area contributed by atoms with Crippen molar-refractivity contribution in [1.29, 1.82) is 0 Å². The molecule has 0 saturated heterocycles. The predicted molar refractivity (Wildman–Crippen MR) is 80.3 cm³/mol. The van der Waals surface area contributed by atoms with Crippen LogP contribution < -0.4 is 0 Å². The second-order valence-corrected chi connectivity index (χ2v) is 8.05. The van der Waals surface area contributed by atoms with E-state index in [2.05, 4.69) is 27.7 Å². The zero-order chi connectivity index (χ0) is 14.8. The van der Waals surface area contributed by atoms with Crippen LogP contribution in [0.1, 0.15) is 66.7 Å². The van der Waals surface area contributed by atoms with E-state index >= 15 is 0 Å². The van der Waals surface area contributed by atoms with Gasteiger partial charge in [-0.25, -0.2) is 0 Å². The number of hydrogen-bond acceptors (Lipinski definition) is 2. The average Bonchev–Trinajstić information content (AvgIpc) is 2.77. The third kappa shape index (κ3) is 1.80. The third-order valence-corrected chi connectivity index (χ3v) is 5.84. The standard InChI is InChI=1S/C18H26O2/c1-12(19)9-13-10-17(4)7-6-8-18(17,5)15-14(13)11-16(2,3)20-15/h9H,6-8,10-11H2,1-5H3/b13-9-/t17-,18-/m1/s1. The van der Waals surface area contributed by atoms with Crippen molar-refractivity contribution in [3.05, 3.63) is 23.0 Å². The molecule has 3 rings (SSSR count). The van der Waals surface area contributed by atoms with E-state index < -0.39 is 0 Å². The molecule has 110 valence electrons. The second-order valence-electron chi connectivity index (χ2n) is 8.05. The van der Waals surface area contributed by atoms with Crippen molar-refractivity contribution in [2.24, 2.45) is 10.8 Å². The van der Waals surface area contributed by atoms with Gasteiger partial charge < -0.3 is 4.74 Å². The Balaban J connectivity index is 2.15. The Morgan fingerprint density at radius 3 is 2.50 bits per heavy atom. The van der Waals surface area contributed by atoms with E-state index in [0.29, 0.717) is 0 Å². The molecule has 0 aromatic rings. The average molecular weight is 274 g/mol. The summed E-state index contributed by atoms with van der Waals surface area (Å²) in [6.45, 7) is 10.7. The summed E-state index contributed by atoms with van der Waals surface area (Å²) in [6.07, 6.45) is 7.53. The molecule has 0 aromatic carbocycles. The van der Waals surface area contributed by atoms with Crippen LogP contribution >= 0.6 is 0 Å². The molecular weight excluding hydrogens is 248 g/mol. The number of hydrogen-bond donors (Lipinski definition) is 0. The fourth-order valence-corrected chi connectivity index (χ4v) is 4.58. The van der Waals surface area contributed by atoms with Crippen LogP contribution in [0.2, 0.25) is 0 Å². The Morgan fingerprint density at radius 2 is 1.85 bits per heavy atom. The summed E-state index contributed by atoms with van der Waals surface area (Å²) < 4.78 is 6.37. The number of carbonyl (C=O) groups is 1. The first kappa shape index (κ1) is 13.9. The lowest BCUT2D eigenvalue weighted by molar-refractivity contribution is -0.112. The molecule has 0 unspecified atom stereocenters. The van der Waals surface area contributed by atoms with Gasteiger partial charge >= 0.3 is 0 Å². The van der Waals surface area contributed by atoms with Crippen LogP contribution in [0.3, 0.4) is 0 Å². The molecular formula is C18H26O2. The fourth-order valence-electron chi connectivity index (χ4n) is 4.58. The first-order valence-corrected chi connectivity index (χ1v) is 7.81. The van der Waals surface area contributed by atoms with Crippen molar-refractivity contribution in [1.82, 2.24) is 0 Å². The van der Waals surface area contributed by atoms with Crippen LogP contribution in [-0.4, -0.2) is 11.4 Å². The van der Waals surface area contributed by atoms with Gasteiger partial charge in [0, 0.05) is 11.8 Å². The van der Waals surface area contributed by atoms with E-state index in [1.54, 1.807) is 6.92 Å². The molecule has 2 aliphatic carbocycles. The van der Waals surface area contributed by atoms with Gasteiger partial charge in [0.15, 0.2) is 5.78 Å². The molecule has 0 aromatic heterocycles. The minimum Gasteiger partial charge on any atom is -0.491 e. The van der Waals surface area contributed by atoms with Crippen molar-refractivity contribution >= 4 is 5.78 Å². The van der Waals surface area contributed by atoms with Crippen LogP contribution in [0.5, 0.6) is 0 Å². The van der Waals surface area contributed by atoms with Gasteiger partial charge in [0.25, 0.3) is 0 Å². The minimum atomic E-state index is -0.128. The lowest BCUT2D eigenvalue weighted by Gasteiger charge is -2.46. The highest BCUT2D eigenvalue weighted by Gasteiger charge is 2.58. The quantitative estimate of drug-likeness (QED) is 0.655. The van der Waals surface area contributed by atoms with Gasteiger partial charge in [0.1, 0.15) is 11.4 Å². The number of allylic oxidation sites excluding steroid dienone is 3. The smallest absolute Gasteiger partial charge is 0.152 e. The van der Waals surface area contributed by atoms with Crippen LogP contribution in [0.15, 0.2) is 23.0 Å². The number of fused-ring (bicyclic) bond motifs is 2. The molecule has 2 nitrogen and oxygen atoms in total. The van der Waals surface area contributed by atoms with E-state index in [-0.39, 0.29) is 22.2 Å². The summed E-state index contributed by atoms with van der Waals surface area (Å²) in [7, 11) is 0.